The highest BCUT2D eigenvalue weighted by Crippen LogP contribution is 2.22. The van der Waals surface area contributed by atoms with Crippen LogP contribution in [0.1, 0.15) is 12.8 Å². The Bertz CT molecular complexity index is 602. The summed E-state index contributed by atoms with van der Waals surface area (Å²) in [6, 6.07) is 7.34. The van der Waals surface area contributed by atoms with Crippen LogP contribution in [0.4, 0.5) is 13.2 Å². The van der Waals surface area contributed by atoms with Gasteiger partial charge in [-0.15, -0.1) is 0 Å². The van der Waals surface area contributed by atoms with Crippen molar-refractivity contribution in [3.8, 4) is 5.75 Å². The highest BCUT2D eigenvalue weighted by atomic mass is 79.9. The van der Waals surface area contributed by atoms with Crippen molar-refractivity contribution in [2.75, 3.05) is 19.6 Å². The molecule has 1 aliphatic rings. The van der Waals surface area contributed by atoms with Crippen LogP contribution in [0.15, 0.2) is 28.7 Å². The number of benzene rings is 1. The molecular formula is C15H16BrF3N2O3. The average Bonchev–Trinajstić information content (AvgIpc) is 2.52. The summed E-state index contributed by atoms with van der Waals surface area (Å²) in [6.45, 7) is -0.992. The predicted octanol–water partition coefficient (Wildman–Crippen LogP) is 2.50. The molecule has 1 aliphatic heterocycles. The smallest absolute Gasteiger partial charge is 0.405 e. The lowest BCUT2D eigenvalue weighted by atomic mass is 10.1. The minimum absolute atomic E-state index is 0.110. The van der Waals surface area contributed by atoms with E-state index in [1.807, 2.05) is 24.3 Å². The van der Waals surface area contributed by atoms with E-state index in [2.05, 4.69) is 15.9 Å². The van der Waals surface area contributed by atoms with Crippen LogP contribution in [0, 0.1) is 0 Å². The molecule has 1 heterocycles. The second-order valence-corrected chi connectivity index (χ2v) is 6.28. The normalized spacial score (nSPS) is 15.9. The highest BCUT2D eigenvalue weighted by molar-refractivity contribution is 9.10. The van der Waals surface area contributed by atoms with Crippen LogP contribution in [-0.4, -0.2) is 48.6 Å². The summed E-state index contributed by atoms with van der Waals surface area (Å²) in [5.41, 5.74) is 0. The summed E-state index contributed by atoms with van der Waals surface area (Å²) in [4.78, 5) is 24.5. The molecule has 5 nitrogen and oxygen atoms in total. The van der Waals surface area contributed by atoms with Crippen molar-refractivity contribution < 1.29 is 27.5 Å². The monoisotopic (exact) mass is 408 g/mol. The van der Waals surface area contributed by atoms with Crippen molar-refractivity contribution in [2.24, 2.45) is 0 Å². The molecule has 0 aromatic heterocycles. The van der Waals surface area contributed by atoms with Gasteiger partial charge in [0, 0.05) is 30.4 Å². The maximum absolute atomic E-state index is 12.0. The van der Waals surface area contributed by atoms with Crippen LogP contribution >= 0.6 is 15.9 Å². The Morgan fingerprint density at radius 1 is 1.29 bits per heavy atom. The van der Waals surface area contributed by atoms with Gasteiger partial charge in [0.05, 0.1) is 0 Å². The van der Waals surface area contributed by atoms with Crippen molar-refractivity contribution in [1.29, 1.82) is 0 Å². The quantitative estimate of drug-likeness (QED) is 0.781. The number of halogens is 4. The van der Waals surface area contributed by atoms with Gasteiger partial charge in [0.2, 0.25) is 0 Å². The molecule has 2 rings (SSSR count). The zero-order chi connectivity index (χ0) is 17.7. The van der Waals surface area contributed by atoms with E-state index in [1.165, 1.54) is 4.90 Å². The van der Waals surface area contributed by atoms with Gasteiger partial charge in [-0.05, 0) is 18.2 Å². The van der Waals surface area contributed by atoms with E-state index >= 15 is 0 Å². The van der Waals surface area contributed by atoms with Crippen molar-refractivity contribution in [3.63, 3.8) is 0 Å². The van der Waals surface area contributed by atoms with Crippen LogP contribution in [-0.2, 0) is 9.59 Å². The summed E-state index contributed by atoms with van der Waals surface area (Å²) < 4.78 is 42.8. The third kappa shape index (κ3) is 5.70. The van der Waals surface area contributed by atoms with Gasteiger partial charge in [0.25, 0.3) is 0 Å². The van der Waals surface area contributed by atoms with Crippen LogP contribution < -0.4 is 10.1 Å². The first-order chi connectivity index (χ1) is 11.2. The second-order valence-electron chi connectivity index (χ2n) is 5.36. The number of likely N-dealkylation sites (tertiary alicyclic amines) is 1. The van der Waals surface area contributed by atoms with Gasteiger partial charge in [-0.2, -0.15) is 13.2 Å². The second kappa shape index (κ2) is 7.87. The Morgan fingerprint density at radius 2 is 1.96 bits per heavy atom. The molecule has 0 atom stereocenters. The SMILES string of the molecule is O=C(NCC(F)(F)F)C(=O)N1CCC(Oc2cccc(Br)c2)CC1. The number of carbonyl (C=O) groups is 2. The van der Waals surface area contributed by atoms with Gasteiger partial charge in [0.15, 0.2) is 0 Å². The summed E-state index contributed by atoms with van der Waals surface area (Å²) in [6.07, 6.45) is -3.64. The van der Waals surface area contributed by atoms with Crippen LogP contribution in [0.2, 0.25) is 0 Å². The molecule has 1 aromatic carbocycles. The number of ether oxygens (including phenoxy) is 1. The molecule has 0 saturated carbocycles. The minimum atomic E-state index is -4.54. The number of amides is 2. The van der Waals surface area contributed by atoms with Gasteiger partial charge in [0.1, 0.15) is 18.4 Å². The molecule has 24 heavy (non-hydrogen) atoms. The molecule has 1 N–H and O–H groups in total. The standard InChI is InChI=1S/C15H16BrF3N2O3/c16-10-2-1-3-12(8-10)24-11-4-6-21(7-5-11)14(23)13(22)20-9-15(17,18)19/h1-3,8,11H,4-7,9H2,(H,20,22). The molecule has 1 fully saturated rings. The lowest BCUT2D eigenvalue weighted by molar-refractivity contribution is -0.152. The van der Waals surface area contributed by atoms with Gasteiger partial charge in [-0.3, -0.25) is 9.59 Å². The summed E-state index contributed by atoms with van der Waals surface area (Å²) in [7, 11) is 0. The number of hydrogen-bond donors (Lipinski definition) is 1. The van der Waals surface area contributed by atoms with E-state index in [0.717, 1.165) is 4.47 Å². The van der Waals surface area contributed by atoms with Crippen molar-refractivity contribution in [3.05, 3.63) is 28.7 Å². The maximum atomic E-state index is 12.0. The van der Waals surface area contributed by atoms with Crippen molar-refractivity contribution >= 4 is 27.7 Å². The molecule has 1 saturated heterocycles. The first kappa shape index (κ1) is 18.6. The summed E-state index contributed by atoms with van der Waals surface area (Å²) in [5, 5.41) is 1.59. The maximum Gasteiger partial charge on any atom is 0.405 e. The largest absolute Gasteiger partial charge is 0.490 e. The lowest BCUT2D eigenvalue weighted by Gasteiger charge is -2.31. The Morgan fingerprint density at radius 3 is 2.54 bits per heavy atom. The zero-order valence-corrected chi connectivity index (χ0v) is 14.2. The molecule has 0 spiro atoms. The van der Waals surface area contributed by atoms with Gasteiger partial charge in [-0.25, -0.2) is 0 Å². The van der Waals surface area contributed by atoms with E-state index in [-0.39, 0.29) is 19.2 Å². The highest BCUT2D eigenvalue weighted by Gasteiger charge is 2.32. The number of carbonyl (C=O) groups excluding carboxylic acids is 2. The fraction of sp³-hybridized carbons (Fsp3) is 0.467. The number of nitrogens with zero attached hydrogens (tertiary/aromatic N) is 1. The number of alkyl halides is 3. The average molecular weight is 409 g/mol. The number of piperidine rings is 1. The zero-order valence-electron chi connectivity index (χ0n) is 12.6. The van der Waals surface area contributed by atoms with Gasteiger partial charge < -0.3 is 15.0 Å². The Labute approximate surface area is 145 Å². The Kier molecular flexibility index (Phi) is 6.09. The number of hydrogen-bond acceptors (Lipinski definition) is 3. The third-order valence-corrected chi connectivity index (χ3v) is 3.96. The van der Waals surface area contributed by atoms with E-state index in [0.29, 0.717) is 18.6 Å². The number of nitrogens with one attached hydrogen (secondary N) is 1. The summed E-state index contributed by atoms with van der Waals surface area (Å²) in [5.74, 6) is -1.49. The molecule has 9 heteroatoms. The predicted molar refractivity (Wildman–Crippen MR) is 83.4 cm³/mol. The first-order valence-electron chi connectivity index (χ1n) is 7.31. The molecule has 0 radical (unpaired) electrons. The fourth-order valence-electron chi connectivity index (χ4n) is 2.31. The third-order valence-electron chi connectivity index (χ3n) is 3.47. The van der Waals surface area contributed by atoms with Crippen molar-refractivity contribution in [1.82, 2.24) is 10.2 Å². The van der Waals surface area contributed by atoms with E-state index in [1.54, 1.807) is 5.32 Å². The van der Waals surface area contributed by atoms with E-state index < -0.39 is 24.5 Å². The Balaban J connectivity index is 1.79. The molecule has 2 amide bonds. The number of rotatable bonds is 3. The van der Waals surface area contributed by atoms with E-state index in [4.69, 9.17) is 4.74 Å². The summed E-state index contributed by atoms with van der Waals surface area (Å²) >= 11 is 3.34. The fourth-order valence-corrected chi connectivity index (χ4v) is 2.69. The Hall–Kier alpha value is -1.77. The molecule has 132 valence electrons. The molecule has 0 bridgehead atoms. The van der Waals surface area contributed by atoms with Crippen LogP contribution in [0.3, 0.4) is 0 Å². The van der Waals surface area contributed by atoms with Crippen molar-refractivity contribution in [2.45, 2.75) is 25.1 Å². The van der Waals surface area contributed by atoms with Crippen LogP contribution in [0.25, 0.3) is 0 Å². The lowest BCUT2D eigenvalue weighted by Crippen LogP contribution is -2.49. The molecule has 1 aromatic rings. The van der Waals surface area contributed by atoms with Crippen LogP contribution in [0.5, 0.6) is 5.75 Å². The molecular weight excluding hydrogens is 393 g/mol. The topological polar surface area (TPSA) is 58.6 Å². The minimum Gasteiger partial charge on any atom is -0.490 e. The van der Waals surface area contributed by atoms with Gasteiger partial charge in [-0.1, -0.05) is 22.0 Å². The van der Waals surface area contributed by atoms with Gasteiger partial charge >= 0.3 is 18.0 Å². The first-order valence-corrected chi connectivity index (χ1v) is 8.10. The van der Waals surface area contributed by atoms with E-state index in [9.17, 15) is 22.8 Å². The molecule has 0 unspecified atom stereocenters. The molecule has 0 aliphatic carbocycles.